The van der Waals surface area contributed by atoms with Crippen molar-refractivity contribution in [3.05, 3.63) is 107 Å². The molecule has 38 heavy (non-hydrogen) atoms. The molecule has 0 bridgehead atoms. The van der Waals surface area contributed by atoms with Gasteiger partial charge >= 0.3 is 6.18 Å². The summed E-state index contributed by atoms with van der Waals surface area (Å²) in [4.78, 5) is 34.2. The summed E-state index contributed by atoms with van der Waals surface area (Å²) in [6, 6.07) is 12.3. The number of nitrogens with zero attached hydrogens (tertiary/aromatic N) is 1. The molecule has 5 nitrogen and oxygen atoms in total. The molecule has 0 aliphatic carbocycles. The number of carbonyl (C=O) groups is 2. The van der Waals surface area contributed by atoms with E-state index in [1.807, 2.05) is 0 Å². The number of fused-ring (bicyclic) bond motifs is 2. The topological polar surface area (TPSA) is 69.0 Å². The van der Waals surface area contributed by atoms with E-state index in [2.05, 4.69) is 9.97 Å². The fourth-order valence-electron chi connectivity index (χ4n) is 4.86. The number of hydrogen-bond acceptors (Lipinski definition) is 2. The predicted octanol–water partition coefficient (Wildman–Crippen LogP) is 6.43. The number of carbonyl (C=O) groups excluding carboxylic acids is 2. The van der Waals surface area contributed by atoms with Crippen LogP contribution >= 0.6 is 0 Å². The Morgan fingerprint density at radius 1 is 0.711 bits per heavy atom. The number of halogens is 5. The van der Waals surface area contributed by atoms with Gasteiger partial charge in [0.25, 0.3) is 11.8 Å². The quantitative estimate of drug-likeness (QED) is 0.212. The fourth-order valence-corrected chi connectivity index (χ4v) is 4.86. The van der Waals surface area contributed by atoms with E-state index >= 15 is 0 Å². The van der Waals surface area contributed by atoms with E-state index in [1.165, 1.54) is 60.9 Å². The van der Waals surface area contributed by atoms with Crippen LogP contribution < -0.4 is 0 Å². The summed E-state index contributed by atoms with van der Waals surface area (Å²) in [6.07, 6.45) is -1.64. The van der Waals surface area contributed by atoms with Crippen LogP contribution in [0.2, 0.25) is 0 Å². The van der Waals surface area contributed by atoms with Crippen LogP contribution in [0.25, 0.3) is 33.0 Å². The lowest BCUT2D eigenvalue weighted by Crippen LogP contribution is -2.31. The van der Waals surface area contributed by atoms with E-state index in [-0.39, 0.29) is 16.7 Å². The first-order valence-electron chi connectivity index (χ1n) is 11.4. The lowest BCUT2D eigenvalue weighted by molar-refractivity contribution is -0.137. The second-order valence-corrected chi connectivity index (χ2v) is 8.93. The Labute approximate surface area is 211 Å². The van der Waals surface area contributed by atoms with E-state index in [0.29, 0.717) is 32.9 Å². The normalized spacial score (nSPS) is 14.5. The average molecular weight is 521 g/mol. The molecule has 10 heteroatoms. The molecule has 0 fully saturated rings. The van der Waals surface area contributed by atoms with Crippen LogP contribution in [0.1, 0.15) is 22.3 Å². The number of benzene rings is 3. The first-order valence-corrected chi connectivity index (χ1v) is 11.4. The summed E-state index contributed by atoms with van der Waals surface area (Å²) >= 11 is 0. The van der Waals surface area contributed by atoms with Gasteiger partial charge in [-0.1, -0.05) is 12.1 Å². The molecule has 2 N–H and O–H groups in total. The van der Waals surface area contributed by atoms with Crippen LogP contribution in [0.4, 0.5) is 22.0 Å². The Hall–Kier alpha value is -4.73. The van der Waals surface area contributed by atoms with Crippen molar-refractivity contribution in [2.75, 3.05) is 0 Å². The number of aromatic nitrogens is 2. The van der Waals surface area contributed by atoms with E-state index in [9.17, 15) is 31.5 Å². The van der Waals surface area contributed by atoms with E-state index in [4.69, 9.17) is 0 Å². The molecule has 2 amide bonds. The molecule has 5 aromatic rings. The first kappa shape index (κ1) is 23.7. The number of imide groups is 1. The number of alkyl halides is 3. The SMILES string of the molecule is O=C1C(c2c[nH]c3cc(F)ccc23)=C(c2c[nH]c3cc(F)ccc23)C(=O)N1Cc1cccc(C(F)(F)F)c1. The Bertz CT molecular complexity index is 1710. The molecule has 3 heterocycles. The van der Waals surface area contributed by atoms with Gasteiger partial charge in [0, 0.05) is 45.3 Å². The molecule has 2 aromatic heterocycles. The Kier molecular flexibility index (Phi) is 5.23. The maximum absolute atomic E-state index is 13.8. The number of nitrogens with one attached hydrogen (secondary N) is 2. The zero-order valence-electron chi connectivity index (χ0n) is 19.3. The van der Waals surface area contributed by atoms with Gasteiger partial charge in [-0.05, 0) is 54.1 Å². The van der Waals surface area contributed by atoms with Crippen LogP contribution in [-0.4, -0.2) is 26.7 Å². The van der Waals surface area contributed by atoms with Crippen molar-refractivity contribution < 1.29 is 31.5 Å². The number of H-pyrrole nitrogens is 2. The molecule has 0 spiro atoms. The van der Waals surface area contributed by atoms with Crippen LogP contribution in [-0.2, 0) is 22.3 Å². The number of rotatable bonds is 4. The fraction of sp³-hybridized carbons (Fsp3) is 0.0714. The zero-order chi connectivity index (χ0) is 26.8. The van der Waals surface area contributed by atoms with Gasteiger partial charge in [-0.15, -0.1) is 0 Å². The third-order valence-electron chi connectivity index (χ3n) is 6.59. The summed E-state index contributed by atoms with van der Waals surface area (Å²) in [5.74, 6) is -2.44. The molecule has 1 aliphatic rings. The highest BCUT2D eigenvalue weighted by Crippen LogP contribution is 2.41. The monoisotopic (exact) mass is 521 g/mol. The molecule has 1 aliphatic heterocycles. The maximum atomic E-state index is 13.8. The van der Waals surface area contributed by atoms with Gasteiger partial charge in [-0.3, -0.25) is 14.5 Å². The Morgan fingerprint density at radius 2 is 1.24 bits per heavy atom. The molecule has 190 valence electrons. The number of hydrogen-bond donors (Lipinski definition) is 2. The predicted molar refractivity (Wildman–Crippen MR) is 130 cm³/mol. The van der Waals surface area contributed by atoms with Crippen molar-refractivity contribution in [3.8, 4) is 0 Å². The lowest BCUT2D eigenvalue weighted by Gasteiger charge is -2.16. The minimum atomic E-state index is -4.60. The molecule has 0 radical (unpaired) electrons. The minimum absolute atomic E-state index is 0.00468. The van der Waals surface area contributed by atoms with Crippen molar-refractivity contribution >= 4 is 44.8 Å². The summed E-state index contributed by atoms with van der Waals surface area (Å²) in [7, 11) is 0. The second-order valence-electron chi connectivity index (χ2n) is 8.93. The number of amides is 2. The number of aromatic amines is 2. The standard InChI is InChI=1S/C28H16F5N3O2/c29-16-4-6-18-20(11-34-22(18)9-16)24-25(21-12-35-23-10-17(30)5-7-19(21)23)27(38)36(26(24)37)13-14-2-1-3-15(8-14)28(31,32)33/h1-12,34-35H,13H2. The smallest absolute Gasteiger partial charge is 0.360 e. The van der Waals surface area contributed by atoms with Crippen molar-refractivity contribution in [1.29, 1.82) is 0 Å². The molecule has 0 saturated heterocycles. The van der Waals surface area contributed by atoms with E-state index < -0.39 is 41.7 Å². The van der Waals surface area contributed by atoms with Crippen LogP contribution in [0.3, 0.4) is 0 Å². The van der Waals surface area contributed by atoms with E-state index in [0.717, 1.165) is 17.0 Å². The molecule has 0 atom stereocenters. The van der Waals surface area contributed by atoms with Crippen molar-refractivity contribution in [3.63, 3.8) is 0 Å². The molecule has 6 rings (SSSR count). The highest BCUT2D eigenvalue weighted by molar-refractivity contribution is 6.50. The first-order chi connectivity index (χ1) is 18.1. The summed E-state index contributed by atoms with van der Waals surface area (Å²) < 4.78 is 67.4. The Morgan fingerprint density at radius 3 is 1.74 bits per heavy atom. The second kappa shape index (κ2) is 8.41. The van der Waals surface area contributed by atoms with Crippen molar-refractivity contribution in [2.24, 2.45) is 0 Å². The van der Waals surface area contributed by atoms with Crippen molar-refractivity contribution in [1.82, 2.24) is 14.9 Å². The van der Waals surface area contributed by atoms with Crippen molar-refractivity contribution in [2.45, 2.75) is 12.7 Å². The largest absolute Gasteiger partial charge is 0.416 e. The van der Waals surface area contributed by atoms with E-state index in [1.54, 1.807) is 0 Å². The van der Waals surface area contributed by atoms with Gasteiger partial charge < -0.3 is 9.97 Å². The third kappa shape index (κ3) is 3.76. The lowest BCUT2D eigenvalue weighted by atomic mass is 9.95. The van der Waals surface area contributed by atoms with Crippen LogP contribution in [0.5, 0.6) is 0 Å². The van der Waals surface area contributed by atoms with Gasteiger partial charge in [-0.25, -0.2) is 8.78 Å². The molecular weight excluding hydrogens is 505 g/mol. The highest BCUT2D eigenvalue weighted by Gasteiger charge is 2.41. The van der Waals surface area contributed by atoms with Crippen LogP contribution in [0.15, 0.2) is 73.1 Å². The maximum Gasteiger partial charge on any atom is 0.416 e. The molecular formula is C28H16F5N3O2. The summed E-state index contributed by atoms with van der Waals surface area (Å²) in [6.45, 7) is -0.400. The van der Waals surface area contributed by atoms with Gasteiger partial charge in [-0.2, -0.15) is 13.2 Å². The molecule has 0 unspecified atom stereocenters. The third-order valence-corrected chi connectivity index (χ3v) is 6.59. The van der Waals surface area contributed by atoms with Gasteiger partial charge in [0.05, 0.1) is 23.3 Å². The van der Waals surface area contributed by atoms with Gasteiger partial charge in [0.15, 0.2) is 0 Å². The van der Waals surface area contributed by atoms with Gasteiger partial charge in [0.1, 0.15) is 11.6 Å². The molecule has 0 saturated carbocycles. The minimum Gasteiger partial charge on any atom is -0.360 e. The summed E-state index contributed by atoms with van der Waals surface area (Å²) in [5, 5.41) is 0.957. The highest BCUT2D eigenvalue weighted by atomic mass is 19.4. The zero-order valence-corrected chi connectivity index (χ0v) is 19.3. The molecule has 3 aromatic carbocycles. The Balaban J connectivity index is 1.52. The van der Waals surface area contributed by atoms with Crippen LogP contribution in [0, 0.1) is 11.6 Å². The van der Waals surface area contributed by atoms with Gasteiger partial charge in [0.2, 0.25) is 0 Å². The average Bonchev–Trinajstić information content (AvgIpc) is 3.53. The summed E-state index contributed by atoms with van der Waals surface area (Å²) in [5.41, 5.74) is 0.667.